The van der Waals surface area contributed by atoms with E-state index in [0.29, 0.717) is 0 Å². The molecular weight excluding hydrogens is 186 g/mol. The monoisotopic (exact) mass is 207 g/mol. The molecule has 0 atom stereocenters. The third-order valence-corrected chi connectivity index (χ3v) is 2.32. The van der Waals surface area contributed by atoms with Crippen molar-refractivity contribution in [3.8, 4) is 0 Å². The van der Waals surface area contributed by atoms with Gasteiger partial charge < -0.3 is 10.2 Å². The number of nitrogens with zero attached hydrogens (tertiary/aromatic N) is 2. The second-order valence-corrected chi connectivity index (χ2v) is 3.99. The first-order valence-corrected chi connectivity index (χ1v) is 5.56. The third kappa shape index (κ3) is 4.79. The van der Waals surface area contributed by atoms with Crippen molar-refractivity contribution in [1.29, 1.82) is 0 Å². The minimum atomic E-state index is 0.978. The van der Waals surface area contributed by atoms with Crippen LogP contribution < -0.4 is 5.32 Å². The van der Waals surface area contributed by atoms with Crippen LogP contribution in [-0.4, -0.2) is 37.1 Å². The zero-order valence-corrected chi connectivity index (χ0v) is 9.95. The summed E-state index contributed by atoms with van der Waals surface area (Å²) >= 11 is 0. The summed E-state index contributed by atoms with van der Waals surface area (Å²) in [6.45, 7) is 4.23. The second-order valence-electron chi connectivity index (χ2n) is 3.99. The summed E-state index contributed by atoms with van der Waals surface area (Å²) in [6, 6.07) is 4.18. The molecule has 0 aliphatic rings. The summed E-state index contributed by atoms with van der Waals surface area (Å²) in [6.07, 6.45) is 4.13. The molecule has 0 fully saturated rings. The van der Waals surface area contributed by atoms with Crippen molar-refractivity contribution in [3.63, 3.8) is 0 Å². The molecule has 0 amide bonds. The summed E-state index contributed by atoms with van der Waals surface area (Å²) in [7, 11) is 4.18. The number of nitrogens with one attached hydrogen (secondary N) is 1. The molecule has 0 aliphatic carbocycles. The minimum absolute atomic E-state index is 0.978. The Bertz CT molecular complexity index is 267. The Morgan fingerprint density at radius 3 is 2.67 bits per heavy atom. The van der Waals surface area contributed by atoms with Crippen LogP contribution in [0.1, 0.15) is 18.9 Å². The van der Waals surface area contributed by atoms with Crippen LogP contribution in [0.3, 0.4) is 0 Å². The Labute approximate surface area is 92.5 Å². The molecule has 0 saturated carbocycles. The first kappa shape index (κ1) is 12.0. The first-order valence-electron chi connectivity index (χ1n) is 5.56. The smallest absolute Gasteiger partial charge is 0.125 e. The van der Waals surface area contributed by atoms with Gasteiger partial charge in [0.15, 0.2) is 0 Å². The highest BCUT2D eigenvalue weighted by atomic mass is 15.1. The molecule has 3 heteroatoms. The number of pyridine rings is 1. The van der Waals surface area contributed by atoms with E-state index in [1.165, 1.54) is 5.56 Å². The van der Waals surface area contributed by atoms with Gasteiger partial charge in [0.25, 0.3) is 0 Å². The lowest BCUT2D eigenvalue weighted by Crippen LogP contribution is -2.16. The van der Waals surface area contributed by atoms with Crippen LogP contribution in [0, 0.1) is 0 Å². The Morgan fingerprint density at radius 1 is 1.33 bits per heavy atom. The van der Waals surface area contributed by atoms with Gasteiger partial charge in [0.2, 0.25) is 0 Å². The maximum atomic E-state index is 4.34. The van der Waals surface area contributed by atoms with E-state index in [4.69, 9.17) is 0 Å². The molecular formula is C12H21N3. The van der Waals surface area contributed by atoms with E-state index >= 15 is 0 Å². The summed E-state index contributed by atoms with van der Waals surface area (Å²) in [5.41, 5.74) is 1.29. The van der Waals surface area contributed by atoms with Crippen LogP contribution in [0.2, 0.25) is 0 Å². The molecule has 0 bridgehead atoms. The number of aryl methyl sites for hydroxylation is 1. The summed E-state index contributed by atoms with van der Waals surface area (Å²) in [5.74, 6) is 0.978. The van der Waals surface area contributed by atoms with Gasteiger partial charge in [0.05, 0.1) is 0 Å². The van der Waals surface area contributed by atoms with Crippen molar-refractivity contribution < 1.29 is 0 Å². The van der Waals surface area contributed by atoms with Crippen molar-refractivity contribution in [3.05, 3.63) is 23.9 Å². The summed E-state index contributed by atoms with van der Waals surface area (Å²) in [4.78, 5) is 6.53. The Balaban J connectivity index is 2.25. The van der Waals surface area contributed by atoms with Crippen LogP contribution >= 0.6 is 0 Å². The van der Waals surface area contributed by atoms with Crippen LogP contribution in [0.5, 0.6) is 0 Å². The SMILES string of the molecule is CCc1ccc(NCCCN(C)C)nc1. The van der Waals surface area contributed by atoms with E-state index in [1.54, 1.807) is 0 Å². The maximum Gasteiger partial charge on any atom is 0.125 e. The Hall–Kier alpha value is -1.09. The lowest BCUT2D eigenvalue weighted by molar-refractivity contribution is 0.405. The zero-order chi connectivity index (χ0) is 11.1. The molecule has 3 nitrogen and oxygen atoms in total. The summed E-state index contributed by atoms with van der Waals surface area (Å²) < 4.78 is 0. The van der Waals surface area contributed by atoms with Crippen molar-refractivity contribution in [1.82, 2.24) is 9.88 Å². The van der Waals surface area contributed by atoms with E-state index in [1.807, 2.05) is 6.20 Å². The highest BCUT2D eigenvalue weighted by Gasteiger charge is 1.94. The fourth-order valence-electron chi connectivity index (χ4n) is 1.35. The molecule has 0 aromatic carbocycles. The first-order chi connectivity index (χ1) is 7.22. The lowest BCUT2D eigenvalue weighted by Gasteiger charge is -2.10. The molecule has 0 unspecified atom stereocenters. The second kappa shape index (κ2) is 6.40. The molecule has 0 radical (unpaired) electrons. The maximum absolute atomic E-state index is 4.34. The Kier molecular flexibility index (Phi) is 5.12. The van der Waals surface area contributed by atoms with Gasteiger partial charge in [0, 0.05) is 12.7 Å². The van der Waals surface area contributed by atoms with Gasteiger partial charge in [-0.25, -0.2) is 4.98 Å². The van der Waals surface area contributed by atoms with Crippen LogP contribution in [-0.2, 0) is 6.42 Å². The molecule has 1 rings (SSSR count). The molecule has 1 N–H and O–H groups in total. The topological polar surface area (TPSA) is 28.2 Å². The van der Waals surface area contributed by atoms with Crippen molar-refractivity contribution in [2.45, 2.75) is 19.8 Å². The molecule has 0 aliphatic heterocycles. The van der Waals surface area contributed by atoms with Crippen LogP contribution in [0.4, 0.5) is 5.82 Å². The number of aromatic nitrogens is 1. The average molecular weight is 207 g/mol. The average Bonchev–Trinajstić information content (AvgIpc) is 2.25. The number of hydrogen-bond acceptors (Lipinski definition) is 3. The fourth-order valence-corrected chi connectivity index (χ4v) is 1.35. The van der Waals surface area contributed by atoms with Crippen molar-refractivity contribution in [2.75, 3.05) is 32.5 Å². The fraction of sp³-hybridized carbons (Fsp3) is 0.583. The van der Waals surface area contributed by atoms with Gasteiger partial charge >= 0.3 is 0 Å². The van der Waals surface area contributed by atoms with E-state index in [-0.39, 0.29) is 0 Å². The normalized spacial score (nSPS) is 10.7. The van der Waals surface area contributed by atoms with Gasteiger partial charge in [-0.1, -0.05) is 13.0 Å². The standard InChI is InChI=1S/C12H21N3/c1-4-11-6-7-12(14-10-11)13-8-5-9-15(2)3/h6-7,10H,4-5,8-9H2,1-3H3,(H,13,14). The minimum Gasteiger partial charge on any atom is -0.370 e. The number of rotatable bonds is 6. The van der Waals surface area contributed by atoms with E-state index in [2.05, 4.69) is 48.4 Å². The molecule has 1 heterocycles. The van der Waals surface area contributed by atoms with Gasteiger partial charge in [0.1, 0.15) is 5.82 Å². The number of hydrogen-bond donors (Lipinski definition) is 1. The van der Waals surface area contributed by atoms with Gasteiger partial charge in [-0.3, -0.25) is 0 Å². The quantitative estimate of drug-likeness (QED) is 0.723. The van der Waals surface area contributed by atoms with Crippen LogP contribution in [0.15, 0.2) is 18.3 Å². The van der Waals surface area contributed by atoms with E-state index < -0.39 is 0 Å². The lowest BCUT2D eigenvalue weighted by atomic mass is 10.2. The molecule has 1 aromatic heterocycles. The highest BCUT2D eigenvalue weighted by molar-refractivity contribution is 5.35. The zero-order valence-electron chi connectivity index (χ0n) is 9.95. The van der Waals surface area contributed by atoms with Crippen molar-refractivity contribution >= 4 is 5.82 Å². The van der Waals surface area contributed by atoms with Gasteiger partial charge in [-0.15, -0.1) is 0 Å². The summed E-state index contributed by atoms with van der Waals surface area (Å²) in [5, 5.41) is 3.31. The highest BCUT2D eigenvalue weighted by Crippen LogP contribution is 2.05. The van der Waals surface area contributed by atoms with Crippen molar-refractivity contribution in [2.24, 2.45) is 0 Å². The molecule has 0 spiro atoms. The largest absolute Gasteiger partial charge is 0.370 e. The molecule has 84 valence electrons. The van der Waals surface area contributed by atoms with Crippen LogP contribution in [0.25, 0.3) is 0 Å². The third-order valence-electron chi connectivity index (χ3n) is 2.32. The van der Waals surface area contributed by atoms with Gasteiger partial charge in [-0.05, 0) is 45.1 Å². The molecule has 1 aromatic rings. The predicted octanol–water partition coefficient (Wildman–Crippen LogP) is 2.01. The van der Waals surface area contributed by atoms with E-state index in [0.717, 1.165) is 31.7 Å². The Morgan fingerprint density at radius 2 is 2.13 bits per heavy atom. The predicted molar refractivity (Wildman–Crippen MR) is 65.3 cm³/mol. The number of anilines is 1. The molecule has 0 saturated heterocycles. The molecule has 15 heavy (non-hydrogen) atoms. The van der Waals surface area contributed by atoms with Gasteiger partial charge in [-0.2, -0.15) is 0 Å². The van der Waals surface area contributed by atoms with E-state index in [9.17, 15) is 0 Å².